The van der Waals surface area contributed by atoms with Crippen LogP contribution < -0.4 is 0 Å². The third-order valence-electron chi connectivity index (χ3n) is 3.08. The molecule has 0 saturated carbocycles. The monoisotopic (exact) mass is 351 g/mol. The van der Waals surface area contributed by atoms with E-state index < -0.39 is 16.9 Å². The predicted octanol–water partition coefficient (Wildman–Crippen LogP) is 3.95. The third kappa shape index (κ3) is 5.06. The van der Waals surface area contributed by atoms with Crippen molar-refractivity contribution in [1.82, 2.24) is 0 Å². The molecule has 0 aliphatic carbocycles. The lowest BCUT2D eigenvalue weighted by molar-refractivity contribution is -0.385. The zero-order valence-corrected chi connectivity index (χ0v) is 13.6. The molecule has 0 radical (unpaired) electrons. The Labute approximate surface area is 142 Å². The lowest BCUT2D eigenvalue weighted by Crippen LogP contribution is -1.99. The molecular weight excluding hydrogens is 338 g/mol. The summed E-state index contributed by atoms with van der Waals surface area (Å²) in [4.78, 5) is 30.8. The number of nitrogens with zero attached hydrogens (tertiary/aromatic N) is 1. The fourth-order valence-electron chi connectivity index (χ4n) is 1.76. The second kappa shape index (κ2) is 8.07. The first kappa shape index (κ1) is 19.1. The van der Waals surface area contributed by atoms with E-state index in [9.17, 15) is 19.7 Å². The van der Waals surface area contributed by atoms with E-state index in [1.54, 1.807) is 26.0 Å². The summed E-state index contributed by atoms with van der Waals surface area (Å²) in [6.45, 7) is 3.30. The minimum absolute atomic E-state index is 0.0719. The van der Waals surface area contributed by atoms with Crippen molar-refractivity contribution in [3.63, 3.8) is 0 Å². The van der Waals surface area contributed by atoms with E-state index in [2.05, 4.69) is 0 Å². The quantitative estimate of drug-likeness (QED) is 0.638. The molecule has 0 fully saturated rings. The van der Waals surface area contributed by atoms with Gasteiger partial charge in [0.1, 0.15) is 0 Å². The Hall–Kier alpha value is -2.93. The number of carboxylic acid groups (broad SMARTS) is 2. The Morgan fingerprint density at radius 3 is 2.04 bits per heavy atom. The van der Waals surface area contributed by atoms with Crippen molar-refractivity contribution in [3.8, 4) is 0 Å². The number of halogens is 1. The normalized spacial score (nSPS) is 9.62. The number of hydrogen-bond donors (Lipinski definition) is 2. The Morgan fingerprint density at radius 1 is 1.00 bits per heavy atom. The molecule has 0 amide bonds. The van der Waals surface area contributed by atoms with Gasteiger partial charge in [-0.1, -0.05) is 23.7 Å². The highest BCUT2D eigenvalue weighted by atomic mass is 35.5. The molecular formula is C16H14ClNO6. The first-order valence-electron chi connectivity index (χ1n) is 6.61. The van der Waals surface area contributed by atoms with Gasteiger partial charge in [-0.25, -0.2) is 9.59 Å². The summed E-state index contributed by atoms with van der Waals surface area (Å²) in [6, 6.07) is 8.61. The standard InChI is InChI=1S/C8H7ClO2.C8H7NO4/c1-5-2-3-6(9)4-7(5)8(10)11;1-5-2-3-6(8(10)11)4-7(5)9(12)13/h2-4H,1H3,(H,10,11);2-4H,1H3,(H,10,11). The first-order valence-corrected chi connectivity index (χ1v) is 6.99. The summed E-state index contributed by atoms with van der Waals surface area (Å²) in [6.07, 6.45) is 0. The van der Waals surface area contributed by atoms with Crippen LogP contribution in [-0.4, -0.2) is 27.1 Å². The van der Waals surface area contributed by atoms with E-state index in [-0.39, 0.29) is 16.8 Å². The molecule has 0 aliphatic heterocycles. The molecule has 2 N–H and O–H groups in total. The fourth-order valence-corrected chi connectivity index (χ4v) is 1.94. The Balaban J connectivity index is 0.000000243. The lowest BCUT2D eigenvalue weighted by atomic mass is 10.1. The molecule has 24 heavy (non-hydrogen) atoms. The van der Waals surface area contributed by atoms with Gasteiger partial charge in [-0.15, -0.1) is 0 Å². The molecule has 2 aromatic rings. The molecule has 2 aromatic carbocycles. The van der Waals surface area contributed by atoms with Gasteiger partial charge in [0, 0.05) is 16.7 Å². The van der Waals surface area contributed by atoms with Crippen LogP contribution in [0.3, 0.4) is 0 Å². The molecule has 8 heteroatoms. The molecule has 0 heterocycles. The molecule has 0 aliphatic rings. The predicted molar refractivity (Wildman–Crippen MR) is 87.9 cm³/mol. The van der Waals surface area contributed by atoms with E-state index in [0.29, 0.717) is 10.6 Å². The average Bonchev–Trinajstić information content (AvgIpc) is 2.50. The molecule has 0 spiro atoms. The number of carboxylic acids is 2. The van der Waals surface area contributed by atoms with E-state index in [0.717, 1.165) is 11.6 Å². The Bertz CT molecular complexity index is 803. The molecule has 0 bridgehead atoms. The van der Waals surface area contributed by atoms with Crippen LogP contribution in [0.1, 0.15) is 31.8 Å². The number of aryl methyl sites for hydroxylation is 2. The van der Waals surface area contributed by atoms with Crippen molar-refractivity contribution in [2.45, 2.75) is 13.8 Å². The maximum absolute atomic E-state index is 10.5. The van der Waals surface area contributed by atoms with Gasteiger partial charge in [-0.3, -0.25) is 10.1 Å². The molecule has 0 atom stereocenters. The van der Waals surface area contributed by atoms with Crippen LogP contribution >= 0.6 is 11.6 Å². The number of carbonyl (C=O) groups is 2. The molecule has 2 rings (SSSR count). The number of benzene rings is 2. The average molecular weight is 352 g/mol. The second-order valence-corrected chi connectivity index (χ2v) is 5.26. The van der Waals surface area contributed by atoms with Crippen molar-refractivity contribution in [2.75, 3.05) is 0 Å². The summed E-state index contributed by atoms with van der Waals surface area (Å²) >= 11 is 5.60. The summed E-state index contributed by atoms with van der Waals surface area (Å²) in [5, 5.41) is 28.1. The molecule has 0 aromatic heterocycles. The van der Waals surface area contributed by atoms with Crippen LogP contribution in [0.2, 0.25) is 5.02 Å². The minimum Gasteiger partial charge on any atom is -0.478 e. The summed E-state index contributed by atoms with van der Waals surface area (Å²) in [5.41, 5.74) is 1.20. The zero-order chi connectivity index (χ0) is 18.4. The van der Waals surface area contributed by atoms with Crippen LogP contribution in [0.15, 0.2) is 36.4 Å². The van der Waals surface area contributed by atoms with E-state index in [1.807, 2.05) is 0 Å². The fraction of sp³-hybridized carbons (Fsp3) is 0.125. The van der Waals surface area contributed by atoms with Crippen LogP contribution in [-0.2, 0) is 0 Å². The molecule has 0 unspecified atom stereocenters. The van der Waals surface area contributed by atoms with Crippen LogP contribution in [0.5, 0.6) is 0 Å². The number of nitro groups is 1. The van der Waals surface area contributed by atoms with Gasteiger partial charge < -0.3 is 10.2 Å². The number of rotatable bonds is 3. The van der Waals surface area contributed by atoms with Crippen LogP contribution in [0.4, 0.5) is 5.69 Å². The minimum atomic E-state index is -1.16. The maximum atomic E-state index is 10.5. The third-order valence-corrected chi connectivity index (χ3v) is 3.32. The van der Waals surface area contributed by atoms with Gasteiger partial charge in [-0.2, -0.15) is 0 Å². The van der Waals surface area contributed by atoms with Gasteiger partial charge in [0.15, 0.2) is 0 Å². The van der Waals surface area contributed by atoms with E-state index in [4.69, 9.17) is 21.8 Å². The van der Waals surface area contributed by atoms with Gasteiger partial charge in [-0.05, 0) is 37.6 Å². The van der Waals surface area contributed by atoms with Crippen LogP contribution in [0, 0.1) is 24.0 Å². The molecule has 0 saturated heterocycles. The van der Waals surface area contributed by atoms with Crippen molar-refractivity contribution < 1.29 is 24.7 Å². The largest absolute Gasteiger partial charge is 0.478 e. The Kier molecular flexibility index (Phi) is 6.43. The summed E-state index contributed by atoms with van der Waals surface area (Å²) in [5.74, 6) is -2.10. The van der Waals surface area contributed by atoms with E-state index in [1.165, 1.54) is 18.2 Å². The highest BCUT2D eigenvalue weighted by molar-refractivity contribution is 6.30. The van der Waals surface area contributed by atoms with Crippen molar-refractivity contribution in [3.05, 3.63) is 73.8 Å². The molecule has 7 nitrogen and oxygen atoms in total. The smallest absolute Gasteiger partial charge is 0.336 e. The van der Waals surface area contributed by atoms with Crippen LogP contribution in [0.25, 0.3) is 0 Å². The Morgan fingerprint density at radius 2 is 1.58 bits per heavy atom. The van der Waals surface area contributed by atoms with E-state index >= 15 is 0 Å². The topological polar surface area (TPSA) is 118 Å². The summed E-state index contributed by atoms with van der Waals surface area (Å²) < 4.78 is 0. The van der Waals surface area contributed by atoms with Crippen molar-refractivity contribution in [1.29, 1.82) is 0 Å². The maximum Gasteiger partial charge on any atom is 0.336 e. The highest BCUT2D eigenvalue weighted by Gasteiger charge is 2.13. The lowest BCUT2D eigenvalue weighted by Gasteiger charge is -1.99. The zero-order valence-electron chi connectivity index (χ0n) is 12.8. The number of nitro benzene ring substituents is 1. The first-order chi connectivity index (χ1) is 11.1. The highest BCUT2D eigenvalue weighted by Crippen LogP contribution is 2.19. The van der Waals surface area contributed by atoms with Crippen molar-refractivity contribution in [2.24, 2.45) is 0 Å². The van der Waals surface area contributed by atoms with Gasteiger partial charge in [0.2, 0.25) is 0 Å². The number of aromatic carboxylic acids is 2. The molecule has 126 valence electrons. The number of hydrogen-bond acceptors (Lipinski definition) is 4. The van der Waals surface area contributed by atoms with Crippen molar-refractivity contribution >= 4 is 29.2 Å². The second-order valence-electron chi connectivity index (χ2n) is 4.83. The summed E-state index contributed by atoms with van der Waals surface area (Å²) in [7, 11) is 0. The van der Waals surface area contributed by atoms with Gasteiger partial charge in [0.25, 0.3) is 5.69 Å². The van der Waals surface area contributed by atoms with Gasteiger partial charge >= 0.3 is 11.9 Å². The van der Waals surface area contributed by atoms with Gasteiger partial charge in [0.05, 0.1) is 16.1 Å². The SMILES string of the molecule is Cc1ccc(C(=O)O)cc1[N+](=O)[O-].Cc1ccc(Cl)cc1C(=O)O.